The summed E-state index contributed by atoms with van der Waals surface area (Å²) in [5, 5.41) is 0.713. The van der Waals surface area contributed by atoms with E-state index in [4.69, 9.17) is 11.6 Å². The normalized spacial score (nSPS) is 15.1. The van der Waals surface area contributed by atoms with Gasteiger partial charge in [0.15, 0.2) is 0 Å². The number of likely N-dealkylation sites (tertiary alicyclic amines) is 1. The van der Waals surface area contributed by atoms with Gasteiger partial charge >= 0.3 is 0 Å². The first-order chi connectivity index (χ1) is 6.68. The molecular weight excluding hydrogens is 198 g/mol. The van der Waals surface area contributed by atoms with Gasteiger partial charge in [0, 0.05) is 23.7 Å². The lowest BCUT2D eigenvalue weighted by molar-refractivity contribution is 0.0652. The van der Waals surface area contributed by atoms with E-state index in [1.54, 1.807) is 12.1 Å². The third kappa shape index (κ3) is 1.62. The van der Waals surface area contributed by atoms with Crippen LogP contribution in [0.3, 0.4) is 0 Å². The molecule has 0 saturated carbocycles. The first kappa shape index (κ1) is 9.53. The van der Waals surface area contributed by atoms with E-state index < -0.39 is 0 Å². The highest BCUT2D eigenvalue weighted by Gasteiger charge is 2.21. The summed E-state index contributed by atoms with van der Waals surface area (Å²) in [6.07, 6.45) is 1.12. The Morgan fingerprint density at radius 2 is 2.14 bits per heavy atom. The Labute approximate surface area is 88.5 Å². The van der Waals surface area contributed by atoms with Crippen LogP contribution in [0.25, 0.3) is 0 Å². The maximum absolute atomic E-state index is 11.8. The van der Waals surface area contributed by atoms with Crippen LogP contribution in [0.1, 0.15) is 22.3 Å². The molecule has 0 radical (unpaired) electrons. The number of amides is 1. The SMILES string of the molecule is Cc1cc(C(=O)N2CCC2)ccc1Cl. The van der Waals surface area contributed by atoms with Crippen LogP contribution in [-0.4, -0.2) is 23.9 Å². The van der Waals surface area contributed by atoms with E-state index in [0.29, 0.717) is 5.02 Å². The molecule has 14 heavy (non-hydrogen) atoms. The predicted octanol–water partition coefficient (Wildman–Crippen LogP) is 2.49. The van der Waals surface area contributed by atoms with Crippen LogP contribution in [0.4, 0.5) is 0 Å². The van der Waals surface area contributed by atoms with Crippen molar-refractivity contribution in [2.24, 2.45) is 0 Å². The van der Waals surface area contributed by atoms with Gasteiger partial charge in [0.1, 0.15) is 0 Å². The summed E-state index contributed by atoms with van der Waals surface area (Å²) in [6, 6.07) is 5.42. The van der Waals surface area contributed by atoms with E-state index in [2.05, 4.69) is 0 Å². The van der Waals surface area contributed by atoms with E-state index >= 15 is 0 Å². The van der Waals surface area contributed by atoms with Gasteiger partial charge in [-0.2, -0.15) is 0 Å². The van der Waals surface area contributed by atoms with Crippen LogP contribution in [0.5, 0.6) is 0 Å². The van der Waals surface area contributed by atoms with Gasteiger partial charge in [0.2, 0.25) is 0 Å². The topological polar surface area (TPSA) is 20.3 Å². The lowest BCUT2D eigenvalue weighted by atomic mass is 10.1. The molecule has 0 bridgehead atoms. The molecule has 1 aliphatic heterocycles. The Morgan fingerprint density at radius 1 is 1.43 bits per heavy atom. The highest BCUT2D eigenvalue weighted by atomic mass is 35.5. The Kier molecular flexibility index (Phi) is 2.46. The third-order valence-electron chi connectivity index (χ3n) is 2.55. The molecule has 1 amide bonds. The molecule has 3 heteroatoms. The lowest BCUT2D eigenvalue weighted by Gasteiger charge is -2.31. The van der Waals surface area contributed by atoms with Gasteiger partial charge in [-0.05, 0) is 37.1 Å². The fourth-order valence-corrected chi connectivity index (χ4v) is 1.60. The molecule has 1 saturated heterocycles. The van der Waals surface area contributed by atoms with Crippen molar-refractivity contribution in [2.45, 2.75) is 13.3 Å². The van der Waals surface area contributed by atoms with Crippen molar-refractivity contribution in [3.63, 3.8) is 0 Å². The highest BCUT2D eigenvalue weighted by molar-refractivity contribution is 6.31. The van der Waals surface area contributed by atoms with Gasteiger partial charge in [-0.3, -0.25) is 4.79 Å². The molecule has 0 N–H and O–H groups in total. The number of carbonyl (C=O) groups is 1. The summed E-state index contributed by atoms with van der Waals surface area (Å²) in [5.74, 6) is 0.121. The number of hydrogen-bond acceptors (Lipinski definition) is 1. The minimum absolute atomic E-state index is 0.121. The van der Waals surface area contributed by atoms with Crippen molar-refractivity contribution in [1.82, 2.24) is 4.90 Å². The maximum atomic E-state index is 11.8. The van der Waals surface area contributed by atoms with Gasteiger partial charge in [-0.15, -0.1) is 0 Å². The summed E-state index contributed by atoms with van der Waals surface area (Å²) in [4.78, 5) is 13.6. The molecule has 2 rings (SSSR count). The Balaban J connectivity index is 2.23. The van der Waals surface area contributed by atoms with E-state index in [-0.39, 0.29) is 5.91 Å². The van der Waals surface area contributed by atoms with Crippen molar-refractivity contribution in [3.05, 3.63) is 34.3 Å². The predicted molar refractivity (Wildman–Crippen MR) is 56.7 cm³/mol. The molecular formula is C11H12ClNO. The molecule has 1 fully saturated rings. The van der Waals surface area contributed by atoms with E-state index in [9.17, 15) is 4.79 Å². The summed E-state index contributed by atoms with van der Waals surface area (Å²) in [7, 11) is 0. The molecule has 0 aromatic heterocycles. The molecule has 1 aromatic rings. The second-order valence-corrected chi connectivity index (χ2v) is 4.02. The van der Waals surface area contributed by atoms with Crippen molar-refractivity contribution in [2.75, 3.05) is 13.1 Å². The number of nitrogens with zero attached hydrogens (tertiary/aromatic N) is 1. The van der Waals surface area contributed by atoms with Gasteiger partial charge in [-0.1, -0.05) is 11.6 Å². The minimum atomic E-state index is 0.121. The Morgan fingerprint density at radius 3 is 2.64 bits per heavy atom. The quantitative estimate of drug-likeness (QED) is 0.696. The van der Waals surface area contributed by atoms with Crippen LogP contribution < -0.4 is 0 Å². The largest absolute Gasteiger partial charge is 0.339 e. The number of benzene rings is 1. The fraction of sp³-hybridized carbons (Fsp3) is 0.364. The second kappa shape index (κ2) is 3.62. The number of carbonyl (C=O) groups excluding carboxylic acids is 1. The molecule has 1 aromatic carbocycles. The van der Waals surface area contributed by atoms with Gasteiger partial charge < -0.3 is 4.90 Å². The number of rotatable bonds is 1. The average molecular weight is 210 g/mol. The smallest absolute Gasteiger partial charge is 0.253 e. The summed E-state index contributed by atoms with van der Waals surface area (Å²) in [5.41, 5.74) is 1.70. The Bertz CT molecular complexity index is 372. The summed E-state index contributed by atoms with van der Waals surface area (Å²) < 4.78 is 0. The zero-order chi connectivity index (χ0) is 10.1. The molecule has 0 unspecified atom stereocenters. The van der Waals surface area contributed by atoms with Crippen molar-refractivity contribution in [3.8, 4) is 0 Å². The molecule has 0 spiro atoms. The van der Waals surface area contributed by atoms with Crippen LogP contribution in [0, 0.1) is 6.92 Å². The van der Waals surface area contributed by atoms with Crippen LogP contribution in [-0.2, 0) is 0 Å². The van der Waals surface area contributed by atoms with Gasteiger partial charge in [-0.25, -0.2) is 0 Å². The molecule has 0 aliphatic carbocycles. The van der Waals surface area contributed by atoms with Gasteiger partial charge in [0.25, 0.3) is 5.91 Å². The van der Waals surface area contributed by atoms with E-state index in [1.165, 1.54) is 0 Å². The molecule has 0 atom stereocenters. The Hall–Kier alpha value is -1.02. The number of aryl methyl sites for hydroxylation is 1. The molecule has 2 nitrogen and oxygen atoms in total. The zero-order valence-electron chi connectivity index (χ0n) is 8.09. The summed E-state index contributed by atoms with van der Waals surface area (Å²) >= 11 is 5.89. The fourth-order valence-electron chi connectivity index (χ4n) is 1.48. The monoisotopic (exact) mass is 209 g/mol. The third-order valence-corrected chi connectivity index (χ3v) is 2.97. The maximum Gasteiger partial charge on any atom is 0.253 e. The second-order valence-electron chi connectivity index (χ2n) is 3.61. The lowest BCUT2D eigenvalue weighted by Crippen LogP contribution is -2.42. The number of hydrogen-bond donors (Lipinski definition) is 0. The molecule has 74 valence electrons. The van der Waals surface area contributed by atoms with Crippen LogP contribution in [0.15, 0.2) is 18.2 Å². The van der Waals surface area contributed by atoms with Crippen molar-refractivity contribution < 1.29 is 4.79 Å². The first-order valence-corrected chi connectivity index (χ1v) is 5.12. The summed E-state index contributed by atoms with van der Waals surface area (Å²) in [6.45, 7) is 3.69. The standard InChI is InChI=1S/C11H12ClNO/c1-8-7-9(3-4-10(8)12)11(14)13-5-2-6-13/h3-4,7H,2,5-6H2,1H3. The minimum Gasteiger partial charge on any atom is -0.339 e. The van der Waals surface area contributed by atoms with Crippen LogP contribution >= 0.6 is 11.6 Å². The van der Waals surface area contributed by atoms with Crippen LogP contribution in [0.2, 0.25) is 5.02 Å². The number of halogens is 1. The highest BCUT2D eigenvalue weighted by Crippen LogP contribution is 2.19. The zero-order valence-corrected chi connectivity index (χ0v) is 8.84. The van der Waals surface area contributed by atoms with E-state index in [0.717, 1.165) is 30.6 Å². The van der Waals surface area contributed by atoms with Crippen molar-refractivity contribution in [1.29, 1.82) is 0 Å². The first-order valence-electron chi connectivity index (χ1n) is 4.74. The van der Waals surface area contributed by atoms with Crippen molar-refractivity contribution >= 4 is 17.5 Å². The molecule has 1 heterocycles. The van der Waals surface area contributed by atoms with Gasteiger partial charge in [0.05, 0.1) is 0 Å². The van der Waals surface area contributed by atoms with E-state index in [1.807, 2.05) is 17.9 Å². The average Bonchev–Trinajstić information content (AvgIpc) is 2.06. The molecule has 1 aliphatic rings.